The standard InChI is InChI=1S/C14H21N3O4S.ClH/c1-14(2)10-16(8-7-13(14)15)22(20,21)9-11-3-5-12(6-4-11)17(18)19;/h3-6,13H,7-10,15H2,1-2H3;1H. The van der Waals surface area contributed by atoms with E-state index in [2.05, 4.69) is 0 Å². The highest BCUT2D eigenvalue weighted by molar-refractivity contribution is 7.88. The molecule has 1 aliphatic rings. The van der Waals surface area contributed by atoms with E-state index in [1.54, 1.807) is 0 Å². The van der Waals surface area contributed by atoms with Crippen LogP contribution in [0.1, 0.15) is 25.8 Å². The third-order valence-electron chi connectivity index (χ3n) is 4.17. The number of nitrogens with two attached hydrogens (primary N) is 1. The van der Waals surface area contributed by atoms with Gasteiger partial charge in [-0.15, -0.1) is 12.4 Å². The van der Waals surface area contributed by atoms with Crippen molar-refractivity contribution in [1.82, 2.24) is 4.31 Å². The van der Waals surface area contributed by atoms with E-state index in [-0.39, 0.29) is 35.3 Å². The number of rotatable bonds is 4. The molecule has 9 heteroatoms. The largest absolute Gasteiger partial charge is 0.327 e. The molecule has 7 nitrogen and oxygen atoms in total. The zero-order valence-electron chi connectivity index (χ0n) is 13.1. The summed E-state index contributed by atoms with van der Waals surface area (Å²) in [5.41, 5.74) is 6.26. The van der Waals surface area contributed by atoms with Gasteiger partial charge in [0.25, 0.3) is 5.69 Å². The molecule has 0 aromatic heterocycles. The van der Waals surface area contributed by atoms with Gasteiger partial charge in [-0.25, -0.2) is 12.7 Å². The Balaban J connectivity index is 0.00000264. The molecule has 23 heavy (non-hydrogen) atoms. The summed E-state index contributed by atoms with van der Waals surface area (Å²) in [4.78, 5) is 10.1. The molecule has 1 saturated heterocycles. The normalized spacial score (nSPS) is 21.4. The molecule has 1 heterocycles. The summed E-state index contributed by atoms with van der Waals surface area (Å²) in [6.07, 6.45) is 0.631. The maximum atomic E-state index is 12.5. The first-order chi connectivity index (χ1) is 10.1. The molecule has 1 atom stereocenters. The Morgan fingerprint density at radius 1 is 1.35 bits per heavy atom. The SMILES string of the molecule is CC1(C)CN(S(=O)(=O)Cc2ccc([N+](=O)[O-])cc2)CCC1N.Cl. The smallest absolute Gasteiger partial charge is 0.269 e. The Hall–Kier alpha value is -1.22. The van der Waals surface area contributed by atoms with E-state index in [9.17, 15) is 18.5 Å². The summed E-state index contributed by atoms with van der Waals surface area (Å²) in [7, 11) is -3.46. The molecule has 2 rings (SSSR count). The van der Waals surface area contributed by atoms with Gasteiger partial charge in [0.15, 0.2) is 0 Å². The van der Waals surface area contributed by atoms with Gasteiger partial charge >= 0.3 is 0 Å². The summed E-state index contributed by atoms with van der Waals surface area (Å²) < 4.78 is 26.5. The monoisotopic (exact) mass is 363 g/mol. The lowest BCUT2D eigenvalue weighted by molar-refractivity contribution is -0.384. The highest BCUT2D eigenvalue weighted by atomic mass is 35.5. The lowest BCUT2D eigenvalue weighted by Gasteiger charge is -2.41. The lowest BCUT2D eigenvalue weighted by Crippen LogP contribution is -2.54. The van der Waals surface area contributed by atoms with E-state index in [0.29, 0.717) is 25.1 Å². The van der Waals surface area contributed by atoms with Gasteiger partial charge in [-0.1, -0.05) is 26.0 Å². The summed E-state index contributed by atoms with van der Waals surface area (Å²) in [5, 5.41) is 10.6. The van der Waals surface area contributed by atoms with Crippen molar-refractivity contribution in [2.24, 2.45) is 11.1 Å². The highest BCUT2D eigenvalue weighted by Gasteiger charge is 2.38. The van der Waals surface area contributed by atoms with E-state index in [1.165, 1.54) is 28.6 Å². The maximum Gasteiger partial charge on any atom is 0.269 e. The fourth-order valence-electron chi connectivity index (χ4n) is 2.58. The first-order valence-electron chi connectivity index (χ1n) is 7.08. The summed E-state index contributed by atoms with van der Waals surface area (Å²) in [5.74, 6) is -0.156. The van der Waals surface area contributed by atoms with Crippen LogP contribution in [-0.4, -0.2) is 36.8 Å². The van der Waals surface area contributed by atoms with Crippen LogP contribution in [0.5, 0.6) is 0 Å². The van der Waals surface area contributed by atoms with Crippen LogP contribution in [0.25, 0.3) is 0 Å². The van der Waals surface area contributed by atoms with Crippen LogP contribution in [0.4, 0.5) is 5.69 Å². The van der Waals surface area contributed by atoms with Crippen LogP contribution < -0.4 is 5.73 Å². The Morgan fingerprint density at radius 3 is 2.39 bits per heavy atom. The first kappa shape index (κ1) is 19.8. The first-order valence-corrected chi connectivity index (χ1v) is 8.69. The molecule has 130 valence electrons. The van der Waals surface area contributed by atoms with Crippen molar-refractivity contribution in [3.05, 3.63) is 39.9 Å². The number of halogens is 1. The van der Waals surface area contributed by atoms with E-state index in [1.807, 2.05) is 13.8 Å². The molecule has 0 radical (unpaired) electrons. The average Bonchev–Trinajstić information content (AvgIpc) is 2.41. The van der Waals surface area contributed by atoms with Crippen LogP contribution >= 0.6 is 12.4 Å². The number of nitro groups is 1. The Kier molecular flexibility index (Phi) is 6.14. The van der Waals surface area contributed by atoms with Crippen LogP contribution in [0.15, 0.2) is 24.3 Å². The number of hydrogen-bond acceptors (Lipinski definition) is 5. The molecule has 0 spiro atoms. The van der Waals surface area contributed by atoms with E-state index < -0.39 is 14.9 Å². The molecule has 1 unspecified atom stereocenters. The second kappa shape index (κ2) is 7.12. The average molecular weight is 364 g/mol. The molecule has 0 bridgehead atoms. The van der Waals surface area contributed by atoms with Gasteiger partial charge in [-0.3, -0.25) is 10.1 Å². The van der Waals surface area contributed by atoms with Crippen LogP contribution in [0, 0.1) is 15.5 Å². The molecule has 1 aliphatic heterocycles. The fraction of sp³-hybridized carbons (Fsp3) is 0.571. The number of benzene rings is 1. The number of hydrogen-bond donors (Lipinski definition) is 1. The molecular formula is C14H22ClN3O4S. The van der Waals surface area contributed by atoms with Crippen molar-refractivity contribution in [2.45, 2.75) is 32.1 Å². The minimum atomic E-state index is -3.46. The second-order valence-corrected chi connectivity index (χ2v) is 8.37. The number of non-ortho nitro benzene ring substituents is 1. The van der Waals surface area contributed by atoms with Crippen LogP contribution in [-0.2, 0) is 15.8 Å². The minimum absolute atomic E-state index is 0. The molecule has 2 N–H and O–H groups in total. The second-order valence-electron chi connectivity index (χ2n) is 6.40. The predicted octanol–water partition coefficient (Wildman–Crippen LogP) is 1.91. The van der Waals surface area contributed by atoms with Crippen molar-refractivity contribution in [3.8, 4) is 0 Å². The van der Waals surface area contributed by atoms with Gasteiger partial charge < -0.3 is 5.73 Å². The van der Waals surface area contributed by atoms with Crippen LogP contribution in [0.2, 0.25) is 0 Å². The summed E-state index contributed by atoms with van der Waals surface area (Å²) in [6.45, 7) is 4.74. The minimum Gasteiger partial charge on any atom is -0.327 e. The Labute approximate surface area is 142 Å². The van der Waals surface area contributed by atoms with Gasteiger partial charge in [-0.05, 0) is 17.4 Å². The van der Waals surface area contributed by atoms with Crippen molar-refractivity contribution in [1.29, 1.82) is 0 Å². The fourth-order valence-corrected chi connectivity index (χ4v) is 4.29. The molecule has 0 aliphatic carbocycles. The van der Waals surface area contributed by atoms with Crippen molar-refractivity contribution < 1.29 is 13.3 Å². The topological polar surface area (TPSA) is 107 Å². The van der Waals surface area contributed by atoms with E-state index >= 15 is 0 Å². The van der Waals surface area contributed by atoms with Crippen molar-refractivity contribution >= 4 is 28.1 Å². The zero-order chi connectivity index (χ0) is 16.5. The predicted molar refractivity (Wildman–Crippen MR) is 90.9 cm³/mol. The molecule has 1 aromatic rings. The molecule has 0 saturated carbocycles. The van der Waals surface area contributed by atoms with Gasteiger partial charge in [0, 0.05) is 31.3 Å². The van der Waals surface area contributed by atoms with Gasteiger partial charge in [-0.2, -0.15) is 0 Å². The van der Waals surface area contributed by atoms with E-state index in [4.69, 9.17) is 5.73 Å². The third kappa shape index (κ3) is 4.63. The molecule has 0 amide bonds. The number of piperidine rings is 1. The number of nitro benzene ring substituents is 1. The van der Waals surface area contributed by atoms with Gasteiger partial charge in [0.1, 0.15) is 0 Å². The lowest BCUT2D eigenvalue weighted by atomic mass is 9.81. The quantitative estimate of drug-likeness (QED) is 0.649. The molecule has 1 aromatic carbocycles. The summed E-state index contributed by atoms with van der Waals surface area (Å²) >= 11 is 0. The van der Waals surface area contributed by atoms with Crippen LogP contribution in [0.3, 0.4) is 0 Å². The summed E-state index contributed by atoms with van der Waals surface area (Å²) in [6, 6.07) is 5.59. The highest BCUT2D eigenvalue weighted by Crippen LogP contribution is 2.30. The molecular weight excluding hydrogens is 342 g/mol. The number of nitrogens with zero attached hydrogens (tertiary/aromatic N) is 2. The maximum absolute atomic E-state index is 12.5. The Morgan fingerprint density at radius 2 is 1.91 bits per heavy atom. The van der Waals surface area contributed by atoms with Crippen molar-refractivity contribution in [2.75, 3.05) is 13.1 Å². The van der Waals surface area contributed by atoms with Crippen molar-refractivity contribution in [3.63, 3.8) is 0 Å². The van der Waals surface area contributed by atoms with Gasteiger partial charge in [0.2, 0.25) is 10.0 Å². The Bertz CT molecular complexity index is 661. The molecule has 1 fully saturated rings. The third-order valence-corrected chi connectivity index (χ3v) is 5.96. The van der Waals surface area contributed by atoms with E-state index in [0.717, 1.165) is 0 Å². The zero-order valence-corrected chi connectivity index (χ0v) is 14.8. The van der Waals surface area contributed by atoms with Gasteiger partial charge in [0.05, 0.1) is 10.7 Å². The number of sulfonamides is 1.